The smallest absolute Gasteiger partial charge is 0.217 e. The summed E-state index contributed by atoms with van der Waals surface area (Å²) in [7, 11) is 0. The molecule has 0 bridgehead atoms. The lowest BCUT2D eigenvalue weighted by Gasteiger charge is -2.51. The highest BCUT2D eigenvalue weighted by Gasteiger charge is 2.58. The van der Waals surface area contributed by atoms with Crippen LogP contribution in [0.4, 0.5) is 4.39 Å². The van der Waals surface area contributed by atoms with Gasteiger partial charge < -0.3 is 150 Å². The van der Waals surface area contributed by atoms with E-state index < -0.39 is 223 Å². The first-order valence-electron chi connectivity index (χ1n) is 24.6. The molecule has 0 saturated carbocycles. The van der Waals surface area contributed by atoms with Gasteiger partial charge in [0.15, 0.2) is 37.7 Å². The fraction of sp³-hybridized carbons (Fsp3) is 0.977. The number of rotatable bonds is 22. The van der Waals surface area contributed by atoms with Crippen molar-refractivity contribution >= 4 is 5.91 Å². The fourth-order valence-electron chi connectivity index (χ4n) is 9.56. The van der Waals surface area contributed by atoms with Crippen LogP contribution in [-0.2, 0) is 61.6 Å². The summed E-state index contributed by atoms with van der Waals surface area (Å²) in [5.74, 6) is -0.865. The van der Waals surface area contributed by atoms with Crippen LogP contribution in [0.25, 0.3) is 0 Å². The number of hydrogen-bond acceptors (Lipinski definition) is 30. The minimum atomic E-state index is -2.22. The zero-order chi connectivity index (χ0) is 55.2. The standard InChI is InChI=1S/C43H75FN2O29/c1-13-21(52)25(56)29(60)40(65-13)75-37-26(57)22(53)16(9-47)69-43(37)73-35-20(46-14(2)51)38(67-17(10-48)23(35)54)74-36-24(55)18(11-49)68-42(32(36)63)72-34-19(12-50)70-41(31(62)28(34)59)71-33-15(8-44)66-39(30(61)27(33)58)64-7-5-3-4-6-45/h13,15-43,47-50,52-63H,3-12,45H2,1-2H3,(H,46,51). The second-order valence-corrected chi connectivity index (χ2v) is 19.1. The molecule has 19 N–H and O–H groups in total. The monoisotopic (exact) mass is 1100 g/mol. The maximum atomic E-state index is 14.3. The zero-order valence-corrected chi connectivity index (χ0v) is 40.8. The number of halogens is 1. The van der Waals surface area contributed by atoms with Gasteiger partial charge in [-0.3, -0.25) is 4.79 Å². The lowest BCUT2D eigenvalue weighted by Crippen LogP contribution is -2.70. The van der Waals surface area contributed by atoms with Crippen molar-refractivity contribution in [1.29, 1.82) is 0 Å². The van der Waals surface area contributed by atoms with Crippen molar-refractivity contribution in [2.75, 3.05) is 46.3 Å². The molecule has 6 aliphatic heterocycles. The van der Waals surface area contributed by atoms with Crippen molar-refractivity contribution < 1.29 is 148 Å². The fourth-order valence-corrected chi connectivity index (χ4v) is 9.56. The third-order valence-corrected chi connectivity index (χ3v) is 13.9. The number of amides is 1. The number of carbonyl (C=O) groups is 1. The summed E-state index contributed by atoms with van der Waals surface area (Å²) in [6.45, 7) is -2.47. The Bertz CT molecular complexity index is 1720. The van der Waals surface area contributed by atoms with Gasteiger partial charge in [0.1, 0.15) is 147 Å². The maximum Gasteiger partial charge on any atom is 0.217 e. The molecule has 6 saturated heterocycles. The minimum absolute atomic E-state index is 0.0705. The van der Waals surface area contributed by atoms with Crippen LogP contribution in [0.3, 0.4) is 0 Å². The van der Waals surface area contributed by atoms with Gasteiger partial charge in [-0.15, -0.1) is 0 Å². The molecule has 1 amide bonds. The van der Waals surface area contributed by atoms with Crippen LogP contribution in [0.2, 0.25) is 0 Å². The molecule has 6 aliphatic rings. The first-order valence-corrected chi connectivity index (χ1v) is 24.6. The average molecular weight is 1100 g/mol. The second kappa shape index (κ2) is 28.1. The summed E-state index contributed by atoms with van der Waals surface area (Å²) in [6, 6.07) is -1.79. The van der Waals surface area contributed by atoms with Gasteiger partial charge >= 0.3 is 0 Å². The van der Waals surface area contributed by atoms with Crippen LogP contribution in [0.15, 0.2) is 0 Å². The predicted octanol–water partition coefficient (Wildman–Crippen LogP) is -10.8. The molecular weight excluding hydrogens is 1030 g/mol. The van der Waals surface area contributed by atoms with Gasteiger partial charge in [-0.25, -0.2) is 4.39 Å². The normalized spacial score (nSPS) is 48.9. The van der Waals surface area contributed by atoms with Crippen LogP contribution in [0, 0.1) is 0 Å². The van der Waals surface area contributed by atoms with E-state index in [1.807, 2.05) is 0 Å². The SMILES string of the molecule is CC(=O)NC1C(OC2C(O)C(CO)OC(OC3C(CO)OC(OC4C(CF)OC(OCCCCCN)C(O)C4O)C(O)C3O)C2O)OC(CO)C(O)C1OC1OC(CO)C(O)C(O)C1OC1OC(C)C(O)C(O)C1O. The van der Waals surface area contributed by atoms with E-state index in [2.05, 4.69) is 5.32 Å². The van der Waals surface area contributed by atoms with Crippen molar-refractivity contribution in [3.8, 4) is 0 Å². The van der Waals surface area contributed by atoms with Crippen molar-refractivity contribution in [1.82, 2.24) is 5.32 Å². The number of aliphatic hydroxyl groups is 16. The molecule has 75 heavy (non-hydrogen) atoms. The highest BCUT2D eigenvalue weighted by Crippen LogP contribution is 2.37. The Kier molecular flexibility index (Phi) is 23.4. The molecule has 6 heterocycles. The van der Waals surface area contributed by atoms with E-state index in [9.17, 15) is 90.9 Å². The molecular formula is C43H75FN2O29. The number of alkyl halides is 1. The van der Waals surface area contributed by atoms with Gasteiger partial charge in [0.05, 0.1) is 32.5 Å². The van der Waals surface area contributed by atoms with E-state index in [1.165, 1.54) is 6.92 Å². The van der Waals surface area contributed by atoms with E-state index in [-0.39, 0.29) is 6.61 Å². The van der Waals surface area contributed by atoms with Crippen LogP contribution in [-0.4, -0.2) is 318 Å². The third-order valence-electron chi connectivity index (χ3n) is 13.9. The summed E-state index contributed by atoms with van der Waals surface area (Å²) in [6.07, 6.45) is -52.2. The van der Waals surface area contributed by atoms with Gasteiger partial charge in [-0.05, 0) is 32.7 Å². The topological polar surface area (TPSA) is 490 Å². The molecule has 0 spiro atoms. The van der Waals surface area contributed by atoms with Gasteiger partial charge in [0.2, 0.25) is 5.91 Å². The molecule has 31 nitrogen and oxygen atoms in total. The highest BCUT2D eigenvalue weighted by atomic mass is 19.1. The van der Waals surface area contributed by atoms with Crippen molar-refractivity contribution in [2.45, 2.75) is 217 Å². The van der Waals surface area contributed by atoms with E-state index in [0.717, 1.165) is 6.92 Å². The molecule has 30 unspecified atom stereocenters. The quantitative estimate of drug-likeness (QED) is 0.0448. The van der Waals surface area contributed by atoms with Crippen LogP contribution in [0.5, 0.6) is 0 Å². The molecule has 32 heteroatoms. The molecule has 0 aliphatic carbocycles. The van der Waals surface area contributed by atoms with Crippen molar-refractivity contribution in [3.05, 3.63) is 0 Å². The average Bonchev–Trinajstić information content (AvgIpc) is 3.39. The number of ether oxygens (including phenoxy) is 12. The highest BCUT2D eigenvalue weighted by molar-refractivity contribution is 5.73. The van der Waals surface area contributed by atoms with Gasteiger partial charge in [0, 0.05) is 13.5 Å². The molecule has 0 aromatic carbocycles. The minimum Gasteiger partial charge on any atom is -0.394 e. The summed E-state index contributed by atoms with van der Waals surface area (Å²) >= 11 is 0. The van der Waals surface area contributed by atoms with Gasteiger partial charge in [-0.1, -0.05) is 0 Å². The molecule has 0 aromatic heterocycles. The molecule has 438 valence electrons. The van der Waals surface area contributed by atoms with E-state index in [4.69, 9.17) is 62.6 Å². The Morgan fingerprint density at radius 2 is 0.893 bits per heavy atom. The van der Waals surface area contributed by atoms with Crippen molar-refractivity contribution in [3.63, 3.8) is 0 Å². The number of carbonyl (C=O) groups excluding carboxylic acids is 1. The summed E-state index contributed by atoms with van der Waals surface area (Å²) in [5, 5.41) is 176. The van der Waals surface area contributed by atoms with E-state index in [1.54, 1.807) is 0 Å². The lowest BCUT2D eigenvalue weighted by atomic mass is 9.94. The number of hydrogen-bond donors (Lipinski definition) is 18. The molecule has 30 atom stereocenters. The maximum absolute atomic E-state index is 14.3. The summed E-state index contributed by atoms with van der Waals surface area (Å²) in [5.41, 5.74) is 5.49. The first kappa shape index (κ1) is 62.4. The molecule has 6 fully saturated rings. The van der Waals surface area contributed by atoms with Crippen molar-refractivity contribution in [2.24, 2.45) is 5.73 Å². The lowest BCUT2D eigenvalue weighted by molar-refractivity contribution is -0.393. The number of nitrogens with one attached hydrogen (secondary N) is 1. The summed E-state index contributed by atoms with van der Waals surface area (Å²) < 4.78 is 83.1. The molecule has 0 aromatic rings. The Morgan fingerprint density at radius 1 is 0.453 bits per heavy atom. The largest absolute Gasteiger partial charge is 0.394 e. The number of nitrogens with two attached hydrogens (primary N) is 1. The molecule has 0 radical (unpaired) electrons. The van der Waals surface area contributed by atoms with Crippen LogP contribution >= 0.6 is 0 Å². The first-order chi connectivity index (χ1) is 35.7. The third kappa shape index (κ3) is 14.1. The summed E-state index contributed by atoms with van der Waals surface area (Å²) in [4.78, 5) is 12.8. The Morgan fingerprint density at radius 3 is 1.48 bits per heavy atom. The van der Waals surface area contributed by atoms with Crippen LogP contribution < -0.4 is 11.1 Å². The van der Waals surface area contributed by atoms with Crippen LogP contribution in [0.1, 0.15) is 33.1 Å². The number of unbranched alkanes of at least 4 members (excludes halogenated alkanes) is 2. The Labute approximate surface area is 427 Å². The number of aliphatic hydroxyl groups excluding tert-OH is 16. The van der Waals surface area contributed by atoms with Gasteiger partial charge in [-0.2, -0.15) is 0 Å². The Hall–Kier alpha value is -1.76. The van der Waals surface area contributed by atoms with E-state index in [0.29, 0.717) is 25.8 Å². The van der Waals surface area contributed by atoms with E-state index >= 15 is 0 Å². The molecule has 6 rings (SSSR count). The Balaban J connectivity index is 1.20. The predicted molar refractivity (Wildman–Crippen MR) is 235 cm³/mol. The zero-order valence-electron chi connectivity index (χ0n) is 40.8. The second-order valence-electron chi connectivity index (χ2n) is 19.1. The van der Waals surface area contributed by atoms with Gasteiger partial charge in [0.25, 0.3) is 0 Å².